The maximum absolute atomic E-state index is 14.3. The Balaban J connectivity index is 1.62. The number of hydrogen-bond donors (Lipinski definition) is 2. The fourth-order valence-corrected chi connectivity index (χ4v) is 5.41. The van der Waals surface area contributed by atoms with Gasteiger partial charge in [0.2, 0.25) is 0 Å². The maximum atomic E-state index is 14.3. The van der Waals surface area contributed by atoms with Crippen LogP contribution in [0.5, 0.6) is 11.5 Å². The molecule has 0 aliphatic carbocycles. The number of nitrogens with two attached hydrogens (primary N) is 2. The van der Waals surface area contributed by atoms with Gasteiger partial charge in [0, 0.05) is 28.1 Å². The van der Waals surface area contributed by atoms with Crippen molar-refractivity contribution in [3.63, 3.8) is 0 Å². The van der Waals surface area contributed by atoms with Crippen molar-refractivity contribution in [3.05, 3.63) is 58.4 Å². The van der Waals surface area contributed by atoms with Crippen LogP contribution < -0.4 is 26.6 Å². The highest BCUT2D eigenvalue weighted by molar-refractivity contribution is 5.84. The monoisotopic (exact) mass is 816 g/mol. The first-order valence-corrected chi connectivity index (χ1v) is 17.5. The number of fused-ring (bicyclic) bond motifs is 1. The topological polar surface area (TPSA) is 145 Å². The Kier molecular flexibility index (Phi) is 14.9. The molecule has 0 spiro atoms. The fourth-order valence-electron chi connectivity index (χ4n) is 5.41. The molecule has 19 heteroatoms. The Morgan fingerprint density at radius 2 is 1.43 bits per heavy atom. The second-order valence-electron chi connectivity index (χ2n) is 14.5. The van der Waals surface area contributed by atoms with E-state index < -0.39 is 85.3 Å². The summed E-state index contributed by atoms with van der Waals surface area (Å²) >= 11 is 0. The molecule has 0 amide bonds. The number of carbonyl (C=O) groups excluding carboxylic acids is 1. The van der Waals surface area contributed by atoms with Gasteiger partial charge in [-0.25, -0.2) is 14.3 Å². The number of halogens is 9. The summed E-state index contributed by atoms with van der Waals surface area (Å²) in [5, 5.41) is 0.181. The fraction of sp³-hybridized carbons (Fsp3) is 0.568. The summed E-state index contributed by atoms with van der Waals surface area (Å²) in [4.78, 5) is 25.4. The van der Waals surface area contributed by atoms with Gasteiger partial charge in [0.15, 0.2) is 0 Å². The molecule has 1 aromatic heterocycles. The number of rotatable bonds is 21. The minimum absolute atomic E-state index is 0.00630. The molecule has 0 saturated heterocycles. The normalized spacial score (nSPS) is 13.9. The van der Waals surface area contributed by atoms with Gasteiger partial charge in [-0.2, -0.15) is 17.6 Å². The Morgan fingerprint density at radius 3 is 2.00 bits per heavy atom. The van der Waals surface area contributed by atoms with Gasteiger partial charge in [-0.1, -0.05) is 31.9 Å². The van der Waals surface area contributed by atoms with E-state index in [-0.39, 0.29) is 34.3 Å². The van der Waals surface area contributed by atoms with Gasteiger partial charge in [0.05, 0.1) is 37.5 Å². The number of esters is 1. The zero-order chi connectivity index (χ0) is 42.3. The lowest BCUT2D eigenvalue weighted by atomic mass is 9.80. The molecule has 1 heterocycles. The standard InChI is InChI=1S/C37H45F9N2O8/c1-6-7-8-9-22-10-13-25(29(18-22)54-36(42,43)44)26-19-23-11-12-24(20-28(23)53-30(26)49)51-16-14-34(38,39)55-37(45,46)56-35(40,41)15-17-52-31(50)27(33(4,5)48)21-32(2,3)47/h10-13,18-20,27H,6-9,14-17,21,47-48H2,1-5H3. The SMILES string of the molecule is CCCCCc1ccc(-c2cc3ccc(OCCC(F)(F)OC(F)(F)OC(F)(F)CCOC(=O)C(CC(C)(C)N)C(C)(C)N)cc3oc2=O)c(OC(F)(F)F)c1. The summed E-state index contributed by atoms with van der Waals surface area (Å²) in [6, 6.07) is 8.84. The van der Waals surface area contributed by atoms with E-state index in [4.69, 9.17) is 25.4 Å². The Hall–Kier alpha value is -4.07. The lowest BCUT2D eigenvalue weighted by Gasteiger charge is -2.33. The van der Waals surface area contributed by atoms with Gasteiger partial charge in [0.25, 0.3) is 0 Å². The van der Waals surface area contributed by atoms with Crippen LogP contribution in [-0.2, 0) is 25.4 Å². The molecule has 0 saturated carbocycles. The van der Waals surface area contributed by atoms with E-state index in [1.54, 1.807) is 19.9 Å². The van der Waals surface area contributed by atoms with E-state index in [0.717, 1.165) is 25.3 Å². The van der Waals surface area contributed by atoms with Gasteiger partial charge in [-0.3, -0.25) is 4.79 Å². The summed E-state index contributed by atoms with van der Waals surface area (Å²) in [7, 11) is 0. The number of benzene rings is 2. The van der Waals surface area contributed by atoms with Crippen molar-refractivity contribution in [2.45, 2.75) is 116 Å². The highest BCUT2D eigenvalue weighted by Gasteiger charge is 2.52. The van der Waals surface area contributed by atoms with Crippen LogP contribution in [0.4, 0.5) is 39.5 Å². The molecule has 0 radical (unpaired) electrons. The van der Waals surface area contributed by atoms with Crippen molar-refractivity contribution >= 4 is 16.9 Å². The van der Waals surface area contributed by atoms with Crippen LogP contribution in [-0.4, -0.2) is 55.1 Å². The van der Waals surface area contributed by atoms with E-state index >= 15 is 0 Å². The minimum Gasteiger partial charge on any atom is -0.493 e. The second-order valence-corrected chi connectivity index (χ2v) is 14.5. The van der Waals surface area contributed by atoms with Gasteiger partial charge in [-0.15, -0.1) is 22.0 Å². The molecule has 2 aromatic carbocycles. The van der Waals surface area contributed by atoms with Gasteiger partial charge in [0.1, 0.15) is 17.1 Å². The molecule has 10 nitrogen and oxygen atoms in total. The van der Waals surface area contributed by atoms with Crippen LogP contribution in [0.2, 0.25) is 0 Å². The van der Waals surface area contributed by atoms with Crippen LogP contribution >= 0.6 is 0 Å². The van der Waals surface area contributed by atoms with Crippen molar-refractivity contribution in [2.75, 3.05) is 13.2 Å². The summed E-state index contributed by atoms with van der Waals surface area (Å²) in [5.41, 5.74) is 8.63. The van der Waals surface area contributed by atoms with Gasteiger partial charge < -0.3 is 30.1 Å². The minimum atomic E-state index is -5.52. The molecule has 0 bridgehead atoms. The molecule has 0 aliphatic rings. The highest BCUT2D eigenvalue weighted by Crippen LogP contribution is 2.38. The average Bonchev–Trinajstić information content (AvgIpc) is 3.00. The van der Waals surface area contributed by atoms with Crippen LogP contribution in [0.1, 0.15) is 78.7 Å². The van der Waals surface area contributed by atoms with Crippen LogP contribution in [0.3, 0.4) is 0 Å². The van der Waals surface area contributed by atoms with Crippen molar-refractivity contribution in [3.8, 4) is 22.6 Å². The third kappa shape index (κ3) is 15.1. The first-order valence-electron chi connectivity index (χ1n) is 17.5. The Morgan fingerprint density at radius 1 is 0.804 bits per heavy atom. The molecule has 1 unspecified atom stereocenters. The van der Waals surface area contributed by atoms with E-state index in [9.17, 15) is 49.1 Å². The molecular weight excluding hydrogens is 771 g/mol. The van der Waals surface area contributed by atoms with E-state index in [0.29, 0.717) is 12.0 Å². The lowest BCUT2D eigenvalue weighted by Crippen LogP contribution is -2.50. The molecule has 1 atom stereocenters. The van der Waals surface area contributed by atoms with E-state index in [2.05, 4.69) is 14.2 Å². The van der Waals surface area contributed by atoms with Crippen molar-refractivity contribution in [1.82, 2.24) is 0 Å². The smallest absolute Gasteiger partial charge is 0.493 e. The number of aryl methyl sites for hydroxylation is 1. The molecule has 3 rings (SSSR count). The summed E-state index contributed by atoms with van der Waals surface area (Å²) in [6.45, 7) is 5.91. The first-order chi connectivity index (χ1) is 25.6. The summed E-state index contributed by atoms with van der Waals surface area (Å²) in [6.07, 6.45) is -20.5. The predicted octanol–water partition coefficient (Wildman–Crippen LogP) is 9.04. The third-order valence-corrected chi connectivity index (χ3v) is 8.09. The summed E-state index contributed by atoms with van der Waals surface area (Å²) in [5.74, 6) is -2.92. The molecule has 0 fully saturated rings. The molecule has 3 aromatic rings. The number of ether oxygens (including phenoxy) is 5. The highest BCUT2D eigenvalue weighted by atomic mass is 19.4. The van der Waals surface area contributed by atoms with Gasteiger partial charge >= 0.3 is 36.5 Å². The third-order valence-electron chi connectivity index (χ3n) is 8.09. The number of hydrogen-bond acceptors (Lipinski definition) is 10. The Labute approximate surface area is 316 Å². The van der Waals surface area contributed by atoms with Crippen LogP contribution in [0.15, 0.2) is 51.7 Å². The zero-order valence-corrected chi connectivity index (χ0v) is 31.3. The number of unbranched alkanes of at least 4 members (excludes halogenated alkanes) is 2. The first kappa shape index (κ1) is 46.3. The quantitative estimate of drug-likeness (QED) is 0.0351. The lowest BCUT2D eigenvalue weighted by molar-refractivity contribution is -0.514. The Bertz CT molecular complexity index is 1840. The predicted molar refractivity (Wildman–Crippen MR) is 185 cm³/mol. The maximum Gasteiger partial charge on any atom is 0.573 e. The molecule has 314 valence electrons. The van der Waals surface area contributed by atoms with Crippen molar-refractivity contribution in [1.29, 1.82) is 0 Å². The molecular formula is C37H45F9N2O8. The average molecular weight is 817 g/mol. The largest absolute Gasteiger partial charge is 0.573 e. The molecule has 0 aliphatic heterocycles. The van der Waals surface area contributed by atoms with Crippen molar-refractivity contribution in [2.24, 2.45) is 17.4 Å². The molecule has 56 heavy (non-hydrogen) atoms. The van der Waals surface area contributed by atoms with Gasteiger partial charge in [-0.05, 0) is 76.8 Å². The van der Waals surface area contributed by atoms with Crippen LogP contribution in [0.25, 0.3) is 22.1 Å². The summed E-state index contributed by atoms with van der Waals surface area (Å²) < 4.78 is 151. The molecule has 4 N–H and O–H groups in total. The number of carbonyl (C=O) groups is 1. The van der Waals surface area contributed by atoms with Crippen LogP contribution in [0, 0.1) is 5.92 Å². The number of alkyl halides is 9. The van der Waals surface area contributed by atoms with Crippen molar-refractivity contribution < 1.29 is 72.4 Å². The van der Waals surface area contributed by atoms with E-state index in [1.807, 2.05) is 6.92 Å². The zero-order valence-electron chi connectivity index (χ0n) is 31.3. The second kappa shape index (κ2) is 18.0. The van der Waals surface area contributed by atoms with E-state index in [1.165, 1.54) is 44.2 Å².